The van der Waals surface area contributed by atoms with E-state index in [9.17, 15) is 10.1 Å². The van der Waals surface area contributed by atoms with Crippen LogP contribution in [0.25, 0.3) is 0 Å². The zero-order chi connectivity index (χ0) is 19.8. The first-order valence-electron chi connectivity index (χ1n) is 8.59. The summed E-state index contributed by atoms with van der Waals surface area (Å²) in [5.41, 5.74) is 1.33. The summed E-state index contributed by atoms with van der Waals surface area (Å²) in [7, 11) is 0. The van der Waals surface area contributed by atoms with Crippen molar-refractivity contribution in [1.29, 1.82) is 5.26 Å². The number of rotatable bonds is 6. The van der Waals surface area contributed by atoms with E-state index in [-0.39, 0.29) is 5.57 Å². The summed E-state index contributed by atoms with van der Waals surface area (Å²) < 4.78 is 5.71. The Morgan fingerprint density at radius 3 is 2.39 bits per heavy atom. The maximum Gasteiger partial charge on any atom is 0.267 e. The molecule has 0 spiro atoms. The number of carbonyl (C=O) groups excluding carboxylic acids is 1. The molecule has 6 nitrogen and oxygen atoms in total. The van der Waals surface area contributed by atoms with E-state index in [1.807, 2.05) is 55.5 Å². The summed E-state index contributed by atoms with van der Waals surface area (Å²) in [6.45, 7) is 1.86. The lowest BCUT2D eigenvalue weighted by Gasteiger charge is -2.08. The molecule has 0 aliphatic heterocycles. The number of aromatic nitrogens is 1. The average molecular weight is 370 g/mol. The summed E-state index contributed by atoms with van der Waals surface area (Å²) in [5.74, 6) is 1.42. The molecule has 3 aromatic rings. The Kier molecular flexibility index (Phi) is 6.01. The number of nitrogens with zero attached hydrogens (tertiary/aromatic N) is 2. The van der Waals surface area contributed by atoms with Gasteiger partial charge in [-0.3, -0.25) is 4.79 Å². The summed E-state index contributed by atoms with van der Waals surface area (Å²) in [6, 6.07) is 23.6. The van der Waals surface area contributed by atoms with E-state index in [1.54, 1.807) is 30.3 Å². The van der Waals surface area contributed by atoms with Gasteiger partial charge in [0.25, 0.3) is 5.91 Å². The van der Waals surface area contributed by atoms with E-state index < -0.39 is 5.91 Å². The molecule has 0 fully saturated rings. The van der Waals surface area contributed by atoms with E-state index in [2.05, 4.69) is 15.6 Å². The lowest BCUT2D eigenvalue weighted by molar-refractivity contribution is -0.112. The molecule has 0 saturated heterocycles. The minimum Gasteiger partial charge on any atom is -0.457 e. The van der Waals surface area contributed by atoms with Gasteiger partial charge in [0.05, 0.1) is 0 Å². The first-order chi connectivity index (χ1) is 13.6. The van der Waals surface area contributed by atoms with E-state index in [0.717, 1.165) is 11.4 Å². The highest BCUT2D eigenvalue weighted by atomic mass is 16.5. The number of pyridine rings is 1. The Morgan fingerprint density at radius 1 is 1.00 bits per heavy atom. The van der Waals surface area contributed by atoms with Crippen LogP contribution in [-0.2, 0) is 4.79 Å². The number of nitrogens with one attached hydrogen (secondary N) is 2. The van der Waals surface area contributed by atoms with Crippen molar-refractivity contribution >= 4 is 17.4 Å². The Morgan fingerprint density at radius 2 is 1.71 bits per heavy atom. The van der Waals surface area contributed by atoms with E-state index in [0.29, 0.717) is 17.3 Å². The van der Waals surface area contributed by atoms with Gasteiger partial charge in [0.1, 0.15) is 29.0 Å². The highest BCUT2D eigenvalue weighted by Crippen LogP contribution is 2.22. The molecule has 2 N–H and O–H groups in total. The molecular weight excluding hydrogens is 352 g/mol. The minimum absolute atomic E-state index is 0.0621. The van der Waals surface area contributed by atoms with Gasteiger partial charge in [-0.25, -0.2) is 4.98 Å². The number of amides is 1. The fourth-order valence-electron chi connectivity index (χ4n) is 2.35. The van der Waals surface area contributed by atoms with Crippen molar-refractivity contribution in [3.05, 3.63) is 90.3 Å². The molecular formula is C22H18N4O2. The highest BCUT2D eigenvalue weighted by molar-refractivity contribution is 6.06. The predicted molar refractivity (Wildman–Crippen MR) is 108 cm³/mol. The first-order valence-corrected chi connectivity index (χ1v) is 8.59. The third-order valence-electron chi connectivity index (χ3n) is 3.71. The molecule has 6 heteroatoms. The Hall–Kier alpha value is -4.11. The third kappa shape index (κ3) is 5.19. The van der Waals surface area contributed by atoms with Crippen molar-refractivity contribution < 1.29 is 9.53 Å². The zero-order valence-electron chi connectivity index (χ0n) is 15.2. The maximum absolute atomic E-state index is 12.3. The third-order valence-corrected chi connectivity index (χ3v) is 3.71. The SMILES string of the molecule is Cc1cccc(N/C=C(/C#N)C(=O)Nc2ccc(Oc3ccccc3)cc2)n1. The fraction of sp³-hybridized carbons (Fsp3) is 0.0455. The second-order valence-corrected chi connectivity index (χ2v) is 5.87. The first kappa shape index (κ1) is 18.7. The van der Waals surface area contributed by atoms with Crippen molar-refractivity contribution in [2.45, 2.75) is 6.92 Å². The average Bonchev–Trinajstić information content (AvgIpc) is 2.71. The van der Waals surface area contributed by atoms with Gasteiger partial charge in [0.15, 0.2) is 0 Å². The lowest BCUT2D eigenvalue weighted by Crippen LogP contribution is -2.14. The van der Waals surface area contributed by atoms with E-state index in [1.165, 1.54) is 6.20 Å². The molecule has 0 bridgehead atoms. The van der Waals surface area contributed by atoms with Crippen LogP contribution in [0.5, 0.6) is 11.5 Å². The molecule has 0 radical (unpaired) electrons. The molecule has 2 aromatic carbocycles. The van der Waals surface area contributed by atoms with E-state index in [4.69, 9.17) is 4.74 Å². The number of anilines is 2. The Balaban J connectivity index is 1.62. The maximum atomic E-state index is 12.3. The van der Waals surface area contributed by atoms with Gasteiger partial charge in [0.2, 0.25) is 0 Å². The van der Waals surface area contributed by atoms with Crippen LogP contribution in [-0.4, -0.2) is 10.9 Å². The number of hydrogen-bond acceptors (Lipinski definition) is 5. The van der Waals surface area contributed by atoms with Crippen LogP contribution in [0.2, 0.25) is 0 Å². The predicted octanol–water partition coefficient (Wildman–Crippen LogP) is 4.64. The van der Waals surface area contributed by atoms with Gasteiger partial charge < -0.3 is 15.4 Å². The van der Waals surface area contributed by atoms with Crippen LogP contribution in [0.15, 0.2) is 84.6 Å². The second kappa shape index (κ2) is 9.01. The molecule has 0 aliphatic carbocycles. The van der Waals surface area contributed by atoms with Crippen molar-refractivity contribution in [2.24, 2.45) is 0 Å². The summed E-state index contributed by atoms with van der Waals surface area (Å²) in [4.78, 5) is 16.6. The van der Waals surface area contributed by atoms with Crippen LogP contribution >= 0.6 is 0 Å². The molecule has 28 heavy (non-hydrogen) atoms. The highest BCUT2D eigenvalue weighted by Gasteiger charge is 2.09. The smallest absolute Gasteiger partial charge is 0.267 e. The normalized spacial score (nSPS) is 10.6. The Labute approximate surface area is 163 Å². The quantitative estimate of drug-likeness (QED) is 0.487. The van der Waals surface area contributed by atoms with Gasteiger partial charge >= 0.3 is 0 Å². The van der Waals surface area contributed by atoms with Crippen molar-refractivity contribution in [1.82, 2.24) is 4.98 Å². The van der Waals surface area contributed by atoms with Crippen LogP contribution < -0.4 is 15.4 Å². The van der Waals surface area contributed by atoms with Crippen molar-refractivity contribution in [3.8, 4) is 17.6 Å². The Bertz CT molecular complexity index is 1020. The summed E-state index contributed by atoms with van der Waals surface area (Å²) in [5, 5.41) is 14.8. The molecule has 138 valence electrons. The number of aryl methyl sites for hydroxylation is 1. The van der Waals surface area contributed by atoms with Crippen LogP contribution in [0.4, 0.5) is 11.5 Å². The number of ether oxygens (including phenoxy) is 1. The molecule has 0 saturated carbocycles. The number of para-hydroxylation sites is 1. The summed E-state index contributed by atoms with van der Waals surface area (Å²) in [6.07, 6.45) is 1.34. The number of carbonyl (C=O) groups is 1. The summed E-state index contributed by atoms with van der Waals surface area (Å²) >= 11 is 0. The van der Waals surface area contributed by atoms with Crippen molar-refractivity contribution in [2.75, 3.05) is 10.6 Å². The molecule has 1 heterocycles. The number of benzene rings is 2. The zero-order valence-corrected chi connectivity index (χ0v) is 15.2. The molecule has 0 unspecified atom stereocenters. The van der Waals surface area contributed by atoms with Gasteiger partial charge in [0, 0.05) is 17.6 Å². The lowest BCUT2D eigenvalue weighted by atomic mass is 10.2. The van der Waals surface area contributed by atoms with Crippen LogP contribution in [0, 0.1) is 18.3 Å². The van der Waals surface area contributed by atoms with Gasteiger partial charge in [-0.2, -0.15) is 5.26 Å². The molecule has 3 rings (SSSR count). The molecule has 0 aliphatic rings. The molecule has 1 amide bonds. The van der Waals surface area contributed by atoms with Crippen LogP contribution in [0.1, 0.15) is 5.69 Å². The number of hydrogen-bond donors (Lipinski definition) is 2. The second-order valence-electron chi connectivity index (χ2n) is 5.87. The van der Waals surface area contributed by atoms with E-state index >= 15 is 0 Å². The molecule has 0 atom stereocenters. The van der Waals surface area contributed by atoms with Crippen molar-refractivity contribution in [3.63, 3.8) is 0 Å². The van der Waals surface area contributed by atoms with Crippen LogP contribution in [0.3, 0.4) is 0 Å². The molecule has 1 aromatic heterocycles. The standard InChI is InChI=1S/C22H18N4O2/c1-16-6-5-9-21(25-16)24-15-17(14-23)22(27)26-18-10-12-20(13-11-18)28-19-7-3-2-4-8-19/h2-13,15H,1H3,(H,24,25)(H,26,27)/b17-15-. The van der Waals surface area contributed by atoms with Gasteiger partial charge in [-0.1, -0.05) is 24.3 Å². The largest absolute Gasteiger partial charge is 0.457 e. The number of nitriles is 1. The monoisotopic (exact) mass is 370 g/mol. The minimum atomic E-state index is -0.514. The fourth-order valence-corrected chi connectivity index (χ4v) is 2.35. The topological polar surface area (TPSA) is 87.0 Å². The van der Waals surface area contributed by atoms with Gasteiger partial charge in [-0.05, 0) is 55.5 Å². The van der Waals surface area contributed by atoms with Gasteiger partial charge in [-0.15, -0.1) is 0 Å².